The average molecular weight is 572 g/mol. The van der Waals surface area contributed by atoms with E-state index in [1.54, 1.807) is 0 Å². The Hall–Kier alpha value is -3.60. The van der Waals surface area contributed by atoms with Crippen LogP contribution in [0.1, 0.15) is 11.8 Å². The molecule has 0 saturated carbocycles. The van der Waals surface area contributed by atoms with Gasteiger partial charge in [-0.3, -0.25) is 0 Å². The van der Waals surface area contributed by atoms with Crippen LogP contribution >= 0.6 is 0 Å². The predicted octanol–water partition coefficient (Wildman–Crippen LogP) is 8.21. The van der Waals surface area contributed by atoms with Gasteiger partial charge in [-0.05, 0) is 35.4 Å². The Morgan fingerprint density at radius 2 is 0.789 bits per heavy atom. The molecule has 18 heteroatoms. The Kier molecular flexibility index (Phi) is 5.74. The van der Waals surface area contributed by atoms with Gasteiger partial charge >= 0.3 is 36.0 Å². The van der Waals surface area contributed by atoms with Crippen molar-refractivity contribution >= 4 is 22.2 Å². The molecule has 0 aliphatic carbocycles. The van der Waals surface area contributed by atoms with E-state index in [9.17, 15) is 61.5 Å². The summed E-state index contributed by atoms with van der Waals surface area (Å²) in [5.74, 6) is -29.5. The number of alkyl halides is 14. The average Bonchev–Trinajstić information content (AvgIpc) is 3.41. The van der Waals surface area contributed by atoms with Crippen LogP contribution in [0.3, 0.4) is 0 Å². The number of hydrogen-bond acceptors (Lipinski definition) is 4. The fourth-order valence-corrected chi connectivity index (χ4v) is 3.10. The molecule has 0 aliphatic rings. The largest absolute Gasteiger partial charge is 0.460 e. The Labute approximate surface area is 198 Å². The quantitative estimate of drug-likeness (QED) is 0.226. The molecule has 2 aromatic carbocycles. The smallest absolute Gasteiger partial charge is 0.435 e. The van der Waals surface area contributed by atoms with Crippen molar-refractivity contribution in [1.82, 2.24) is 9.97 Å². The topological polar surface area (TPSA) is 52.1 Å². The first kappa shape index (κ1) is 27.4. The first-order chi connectivity index (χ1) is 17.1. The first-order valence-corrected chi connectivity index (χ1v) is 9.58. The summed E-state index contributed by atoms with van der Waals surface area (Å²) >= 11 is 0. The van der Waals surface area contributed by atoms with Gasteiger partial charge in [-0.2, -0.15) is 61.5 Å². The van der Waals surface area contributed by atoms with Gasteiger partial charge in [0.25, 0.3) is 11.8 Å². The third kappa shape index (κ3) is 3.91. The number of nitrogens with zero attached hydrogens (tertiary/aromatic N) is 2. The Bertz CT molecular complexity index is 1400. The van der Waals surface area contributed by atoms with Crippen molar-refractivity contribution in [3.8, 4) is 11.1 Å². The van der Waals surface area contributed by atoms with Crippen LogP contribution in [0.4, 0.5) is 61.5 Å². The lowest BCUT2D eigenvalue weighted by Gasteiger charge is -2.25. The van der Waals surface area contributed by atoms with Gasteiger partial charge in [-0.25, -0.2) is 9.97 Å². The van der Waals surface area contributed by atoms with E-state index >= 15 is 0 Å². The van der Waals surface area contributed by atoms with Gasteiger partial charge in [0.1, 0.15) is 11.0 Å². The normalized spacial score (nSPS) is 14.6. The van der Waals surface area contributed by atoms with Crippen LogP contribution in [0, 0.1) is 0 Å². The van der Waals surface area contributed by atoms with E-state index in [2.05, 4.69) is 18.8 Å². The van der Waals surface area contributed by atoms with Gasteiger partial charge in [-0.15, -0.1) is 0 Å². The molecule has 0 saturated heterocycles. The SMILES string of the molecule is FC(F)(F)C(F)(F)C(F)(F)c1nc2ccc(-c3ccc4nc(C(F)(F)C(F)(F)C(F)(F)F)oc4c3)cc2o1. The molecule has 4 rings (SSSR count). The maximum absolute atomic E-state index is 13.9. The Morgan fingerprint density at radius 1 is 0.474 bits per heavy atom. The fourth-order valence-electron chi connectivity index (χ4n) is 3.10. The summed E-state index contributed by atoms with van der Waals surface area (Å²) in [6.07, 6.45) is -13.3. The van der Waals surface area contributed by atoms with Gasteiger partial charge in [0.15, 0.2) is 11.2 Å². The van der Waals surface area contributed by atoms with Crippen LogP contribution in [-0.2, 0) is 11.8 Å². The van der Waals surface area contributed by atoms with E-state index in [-0.39, 0.29) is 11.1 Å². The molecule has 0 radical (unpaired) electrons. The molecule has 0 spiro atoms. The summed E-state index contributed by atoms with van der Waals surface area (Å²) in [5, 5.41) is 0. The van der Waals surface area contributed by atoms with Crippen LogP contribution in [-0.4, -0.2) is 34.2 Å². The van der Waals surface area contributed by atoms with Gasteiger partial charge in [0.05, 0.1) is 0 Å². The van der Waals surface area contributed by atoms with E-state index in [0.29, 0.717) is 0 Å². The van der Waals surface area contributed by atoms with E-state index in [1.807, 2.05) is 0 Å². The summed E-state index contributed by atoms with van der Waals surface area (Å²) in [7, 11) is 0. The second kappa shape index (κ2) is 7.95. The lowest BCUT2D eigenvalue weighted by Crippen LogP contribution is -2.50. The highest BCUT2D eigenvalue weighted by Gasteiger charge is 2.76. The first-order valence-electron chi connectivity index (χ1n) is 9.58. The number of benzene rings is 2. The standard InChI is InChI=1S/C20H6F14N2O2/c21-15(22,17(25,26)19(29,30)31)13-35-9-3-1-7(5-11(9)37-13)8-2-4-10-12(6-8)38-14(36-10)16(23,24)18(27,28)20(32,33)34/h1-6H. The van der Waals surface area contributed by atoms with E-state index < -0.39 is 70.0 Å². The molecule has 4 aromatic rings. The molecule has 0 unspecified atom stereocenters. The lowest BCUT2D eigenvalue weighted by molar-refractivity contribution is -0.364. The third-order valence-corrected chi connectivity index (χ3v) is 5.15. The Morgan fingerprint density at radius 3 is 1.08 bits per heavy atom. The van der Waals surface area contributed by atoms with E-state index in [0.717, 1.165) is 36.4 Å². The highest BCUT2D eigenvalue weighted by atomic mass is 19.4. The third-order valence-electron chi connectivity index (χ3n) is 5.15. The molecule has 2 aromatic heterocycles. The zero-order chi connectivity index (χ0) is 28.7. The number of halogens is 14. The minimum absolute atomic E-state index is 0.0988. The molecule has 4 nitrogen and oxygen atoms in total. The summed E-state index contributed by atoms with van der Waals surface area (Å²) in [6.45, 7) is 0. The van der Waals surface area contributed by atoms with Crippen molar-refractivity contribution in [2.75, 3.05) is 0 Å². The fraction of sp³-hybridized carbons (Fsp3) is 0.300. The summed E-state index contributed by atoms with van der Waals surface area (Å²) in [6, 6.07) is 5.43. The zero-order valence-corrected chi connectivity index (χ0v) is 17.5. The van der Waals surface area contributed by atoms with E-state index in [4.69, 9.17) is 0 Å². The number of hydrogen-bond donors (Lipinski definition) is 0. The molecular formula is C20H6F14N2O2. The van der Waals surface area contributed by atoms with Gasteiger partial charge in [0.2, 0.25) is 0 Å². The predicted molar refractivity (Wildman–Crippen MR) is 96.8 cm³/mol. The Balaban J connectivity index is 1.73. The molecular weight excluding hydrogens is 566 g/mol. The van der Waals surface area contributed by atoms with Crippen molar-refractivity contribution in [1.29, 1.82) is 0 Å². The van der Waals surface area contributed by atoms with Crippen LogP contribution in [0.25, 0.3) is 33.3 Å². The number of aromatic nitrogens is 2. The number of fused-ring (bicyclic) bond motifs is 2. The molecule has 206 valence electrons. The molecule has 38 heavy (non-hydrogen) atoms. The van der Waals surface area contributed by atoms with Crippen LogP contribution < -0.4 is 0 Å². The van der Waals surface area contributed by atoms with Crippen molar-refractivity contribution < 1.29 is 70.3 Å². The molecule has 2 heterocycles. The summed E-state index contributed by atoms with van der Waals surface area (Å²) in [5.41, 5.74) is -2.80. The van der Waals surface area contributed by atoms with E-state index in [1.165, 1.54) is 0 Å². The molecule has 0 fully saturated rings. The summed E-state index contributed by atoms with van der Waals surface area (Å²) in [4.78, 5) is 5.90. The monoisotopic (exact) mass is 572 g/mol. The second-order valence-corrected chi connectivity index (χ2v) is 7.70. The van der Waals surface area contributed by atoms with Gasteiger partial charge < -0.3 is 8.83 Å². The van der Waals surface area contributed by atoms with Crippen molar-refractivity contribution in [3.05, 3.63) is 48.2 Å². The maximum Gasteiger partial charge on any atom is 0.460 e. The molecule has 0 aliphatic heterocycles. The van der Waals surface area contributed by atoms with Crippen molar-refractivity contribution in [2.24, 2.45) is 0 Å². The van der Waals surface area contributed by atoms with Crippen LogP contribution in [0.5, 0.6) is 0 Å². The zero-order valence-electron chi connectivity index (χ0n) is 17.5. The maximum atomic E-state index is 13.9. The highest BCUT2D eigenvalue weighted by Crippen LogP contribution is 2.53. The molecule has 0 amide bonds. The minimum atomic E-state index is -6.66. The molecule has 0 atom stereocenters. The van der Waals surface area contributed by atoms with Crippen molar-refractivity contribution in [3.63, 3.8) is 0 Å². The second-order valence-electron chi connectivity index (χ2n) is 7.70. The minimum Gasteiger partial charge on any atom is -0.435 e. The highest BCUT2D eigenvalue weighted by molar-refractivity contribution is 5.84. The molecule has 0 N–H and O–H groups in total. The van der Waals surface area contributed by atoms with Crippen LogP contribution in [0.2, 0.25) is 0 Å². The lowest BCUT2D eigenvalue weighted by atomic mass is 10.1. The van der Waals surface area contributed by atoms with Gasteiger partial charge in [-0.1, -0.05) is 12.1 Å². The number of oxazole rings is 2. The van der Waals surface area contributed by atoms with Gasteiger partial charge in [0, 0.05) is 0 Å². The van der Waals surface area contributed by atoms with Crippen molar-refractivity contribution in [2.45, 2.75) is 36.0 Å². The molecule has 0 bridgehead atoms. The number of rotatable bonds is 5. The van der Waals surface area contributed by atoms with Crippen LogP contribution in [0.15, 0.2) is 45.2 Å². The summed E-state index contributed by atoms with van der Waals surface area (Å²) < 4.78 is 192.